The van der Waals surface area contributed by atoms with E-state index in [-0.39, 0.29) is 29.6 Å². The zero-order valence-corrected chi connectivity index (χ0v) is 18.9. The summed E-state index contributed by atoms with van der Waals surface area (Å²) in [6.45, 7) is 2.48. The van der Waals surface area contributed by atoms with Crippen LogP contribution in [0.5, 0.6) is 0 Å². The normalized spacial score (nSPS) is 10.4. The summed E-state index contributed by atoms with van der Waals surface area (Å²) >= 11 is 0. The lowest BCUT2D eigenvalue weighted by Gasteiger charge is -2.12. The van der Waals surface area contributed by atoms with E-state index in [0.717, 1.165) is 27.8 Å². The minimum atomic E-state index is -0.497. The van der Waals surface area contributed by atoms with Gasteiger partial charge in [-0.2, -0.15) is 5.26 Å². The summed E-state index contributed by atoms with van der Waals surface area (Å²) in [4.78, 5) is 25.3. The molecule has 35 heavy (non-hydrogen) atoms. The fourth-order valence-corrected chi connectivity index (χ4v) is 3.34. The highest BCUT2D eigenvalue weighted by Crippen LogP contribution is 2.22. The van der Waals surface area contributed by atoms with Crippen LogP contribution in [0.1, 0.15) is 32.9 Å². The van der Waals surface area contributed by atoms with Crippen molar-refractivity contribution in [2.75, 3.05) is 11.1 Å². The first-order valence-electron chi connectivity index (χ1n) is 10.8. The van der Waals surface area contributed by atoms with E-state index in [1.807, 2.05) is 43.3 Å². The van der Waals surface area contributed by atoms with Crippen molar-refractivity contribution in [3.63, 3.8) is 0 Å². The number of carbonyl (C=O) groups excluding carboxylic acids is 1. The fraction of sp³-hybridized carbons (Fsp3) is 0.115. The molecule has 174 valence electrons. The maximum Gasteiger partial charge on any atom is 0.274 e. The van der Waals surface area contributed by atoms with Gasteiger partial charge in [0.05, 0.1) is 6.20 Å². The molecule has 4 rings (SSSR count). The number of hydrogen-bond acceptors (Lipinski definition) is 7. The third kappa shape index (κ3) is 5.75. The molecule has 2 heterocycles. The lowest BCUT2D eigenvalue weighted by atomic mass is 10.0. The summed E-state index contributed by atoms with van der Waals surface area (Å²) in [6.07, 6.45) is 3.04. The van der Waals surface area contributed by atoms with Crippen LogP contribution in [0, 0.1) is 24.1 Å². The number of carbonyl (C=O) groups is 1. The second-order valence-corrected chi connectivity index (χ2v) is 7.85. The van der Waals surface area contributed by atoms with Gasteiger partial charge in [-0.05, 0) is 47.4 Å². The highest BCUT2D eigenvalue weighted by molar-refractivity contribution is 5.96. The first-order valence-corrected chi connectivity index (χ1v) is 10.8. The average Bonchev–Trinajstić information content (AvgIpc) is 2.89. The quantitative estimate of drug-likeness (QED) is 0.375. The Labute approximate surface area is 201 Å². The van der Waals surface area contributed by atoms with Gasteiger partial charge in [-0.1, -0.05) is 36.4 Å². The lowest BCUT2D eigenvalue weighted by molar-refractivity contribution is 0.0946. The molecule has 0 radical (unpaired) electrons. The van der Waals surface area contributed by atoms with E-state index in [0.29, 0.717) is 12.4 Å². The molecule has 0 saturated heterocycles. The van der Waals surface area contributed by atoms with Crippen LogP contribution in [-0.4, -0.2) is 20.9 Å². The highest BCUT2D eigenvalue weighted by atomic mass is 19.1. The molecule has 8 nitrogen and oxygen atoms in total. The molecule has 0 fully saturated rings. The number of nitriles is 1. The number of nitrogens with two attached hydrogens (primary N) is 1. The van der Waals surface area contributed by atoms with Gasteiger partial charge in [0.1, 0.15) is 17.7 Å². The molecular formula is C26H22FN7O. The molecule has 0 atom stereocenters. The van der Waals surface area contributed by atoms with Crippen molar-refractivity contribution < 1.29 is 9.18 Å². The second kappa shape index (κ2) is 10.4. The SMILES string of the molecule is Cc1cc(-c2ccc(CNc3ncc(C#N)nc3C(=O)NCc3ccc(F)cc3)cc2)cnc1N. The number of halogens is 1. The molecule has 4 N–H and O–H groups in total. The third-order valence-electron chi connectivity index (χ3n) is 5.33. The van der Waals surface area contributed by atoms with E-state index in [2.05, 4.69) is 25.6 Å². The highest BCUT2D eigenvalue weighted by Gasteiger charge is 2.16. The number of aromatic nitrogens is 3. The average molecular weight is 468 g/mol. The Bertz CT molecular complexity index is 1400. The zero-order chi connectivity index (χ0) is 24.8. The van der Waals surface area contributed by atoms with Crippen molar-refractivity contribution >= 4 is 17.5 Å². The summed E-state index contributed by atoms with van der Waals surface area (Å²) in [5.41, 5.74) is 10.4. The van der Waals surface area contributed by atoms with Gasteiger partial charge in [0, 0.05) is 24.8 Å². The molecule has 1 amide bonds. The number of anilines is 2. The Kier molecular flexibility index (Phi) is 6.93. The number of pyridine rings is 1. The molecular weight excluding hydrogens is 445 g/mol. The summed E-state index contributed by atoms with van der Waals surface area (Å²) < 4.78 is 13.1. The molecule has 0 spiro atoms. The number of nitrogens with zero attached hydrogens (tertiary/aromatic N) is 4. The van der Waals surface area contributed by atoms with Gasteiger partial charge in [0.25, 0.3) is 5.91 Å². The predicted octanol–water partition coefficient (Wildman–Crippen LogP) is 3.98. The van der Waals surface area contributed by atoms with Crippen LogP contribution in [0.25, 0.3) is 11.1 Å². The monoisotopic (exact) mass is 467 g/mol. The minimum absolute atomic E-state index is 0.00575. The lowest BCUT2D eigenvalue weighted by Crippen LogP contribution is -2.26. The van der Waals surface area contributed by atoms with Crippen molar-refractivity contribution in [2.45, 2.75) is 20.0 Å². The number of benzene rings is 2. The van der Waals surface area contributed by atoms with Gasteiger partial charge >= 0.3 is 0 Å². The van der Waals surface area contributed by atoms with Gasteiger partial charge in [-0.15, -0.1) is 0 Å². The third-order valence-corrected chi connectivity index (χ3v) is 5.33. The largest absolute Gasteiger partial charge is 0.383 e. The van der Waals surface area contributed by atoms with Crippen molar-refractivity contribution in [1.82, 2.24) is 20.3 Å². The van der Waals surface area contributed by atoms with Crippen LogP contribution >= 0.6 is 0 Å². The Hall–Kier alpha value is -4.84. The first-order chi connectivity index (χ1) is 16.9. The summed E-state index contributed by atoms with van der Waals surface area (Å²) in [7, 11) is 0. The van der Waals surface area contributed by atoms with Crippen molar-refractivity contribution in [2.24, 2.45) is 0 Å². The van der Waals surface area contributed by atoms with Crippen molar-refractivity contribution in [1.29, 1.82) is 5.26 Å². The van der Waals surface area contributed by atoms with E-state index >= 15 is 0 Å². The second-order valence-electron chi connectivity index (χ2n) is 7.85. The topological polar surface area (TPSA) is 130 Å². The zero-order valence-electron chi connectivity index (χ0n) is 18.9. The minimum Gasteiger partial charge on any atom is -0.383 e. The van der Waals surface area contributed by atoms with Crippen LogP contribution in [0.4, 0.5) is 16.0 Å². The van der Waals surface area contributed by atoms with Crippen LogP contribution in [0.3, 0.4) is 0 Å². The number of amides is 1. The first kappa shape index (κ1) is 23.3. The number of rotatable bonds is 7. The van der Waals surface area contributed by atoms with E-state index in [1.165, 1.54) is 18.3 Å². The van der Waals surface area contributed by atoms with E-state index in [9.17, 15) is 14.4 Å². The summed E-state index contributed by atoms with van der Waals surface area (Å²) in [5, 5.41) is 15.0. The van der Waals surface area contributed by atoms with Gasteiger partial charge in [-0.25, -0.2) is 19.3 Å². The Morgan fingerprint density at radius 2 is 1.69 bits per heavy atom. The van der Waals surface area contributed by atoms with Gasteiger partial charge in [-0.3, -0.25) is 4.79 Å². The molecule has 0 unspecified atom stereocenters. The van der Waals surface area contributed by atoms with Crippen molar-refractivity contribution in [3.05, 3.63) is 101 Å². The molecule has 2 aromatic carbocycles. The molecule has 0 aliphatic rings. The van der Waals surface area contributed by atoms with Crippen LogP contribution in [0.15, 0.2) is 67.0 Å². The van der Waals surface area contributed by atoms with E-state index in [1.54, 1.807) is 18.3 Å². The molecule has 0 saturated carbocycles. The molecule has 9 heteroatoms. The number of hydrogen-bond donors (Lipinski definition) is 3. The van der Waals surface area contributed by atoms with E-state index in [4.69, 9.17) is 5.73 Å². The number of aryl methyl sites for hydroxylation is 1. The predicted molar refractivity (Wildman–Crippen MR) is 130 cm³/mol. The van der Waals surface area contributed by atoms with Gasteiger partial charge in [0.15, 0.2) is 17.2 Å². The van der Waals surface area contributed by atoms with Gasteiger partial charge in [0.2, 0.25) is 0 Å². The molecule has 4 aromatic rings. The maximum absolute atomic E-state index is 13.1. The van der Waals surface area contributed by atoms with Crippen LogP contribution in [0.2, 0.25) is 0 Å². The fourth-order valence-electron chi connectivity index (χ4n) is 3.34. The standard InChI is InChI=1S/C26H22FN7O/c1-16-10-20(14-30-24(16)29)19-6-2-17(3-7-19)12-31-25-23(34-22(11-28)15-32-25)26(35)33-13-18-4-8-21(27)9-5-18/h2-10,14-15H,12-13H2,1H3,(H2,29,30)(H,31,32)(H,33,35). The van der Waals surface area contributed by atoms with Gasteiger partial charge < -0.3 is 16.4 Å². The van der Waals surface area contributed by atoms with Crippen LogP contribution < -0.4 is 16.4 Å². The Morgan fingerprint density at radius 3 is 2.37 bits per heavy atom. The molecule has 0 bridgehead atoms. The van der Waals surface area contributed by atoms with Crippen LogP contribution in [-0.2, 0) is 13.1 Å². The maximum atomic E-state index is 13.1. The van der Waals surface area contributed by atoms with E-state index < -0.39 is 5.91 Å². The smallest absolute Gasteiger partial charge is 0.274 e. The molecule has 0 aliphatic heterocycles. The number of nitrogen functional groups attached to an aromatic ring is 1. The summed E-state index contributed by atoms with van der Waals surface area (Å²) in [5.74, 6) is -0.0888. The Morgan fingerprint density at radius 1 is 1.00 bits per heavy atom. The number of nitrogens with one attached hydrogen (secondary N) is 2. The molecule has 0 aliphatic carbocycles. The van der Waals surface area contributed by atoms with Crippen molar-refractivity contribution in [3.8, 4) is 17.2 Å². The Balaban J connectivity index is 1.46. The molecule has 2 aromatic heterocycles. The summed E-state index contributed by atoms with van der Waals surface area (Å²) in [6, 6.07) is 17.6.